The van der Waals surface area contributed by atoms with E-state index in [1.165, 1.54) is 12.8 Å². The Kier molecular flexibility index (Phi) is 4.24. The molecule has 1 amide bonds. The lowest BCUT2D eigenvalue weighted by Crippen LogP contribution is -2.15. The van der Waals surface area contributed by atoms with Crippen LogP contribution in [0.15, 0.2) is 24.3 Å². The van der Waals surface area contributed by atoms with Crippen molar-refractivity contribution in [1.29, 1.82) is 0 Å². The predicted molar refractivity (Wildman–Crippen MR) is 75.8 cm³/mol. The van der Waals surface area contributed by atoms with E-state index in [1.54, 1.807) is 0 Å². The summed E-state index contributed by atoms with van der Waals surface area (Å²) in [5.41, 5.74) is 2.00. The van der Waals surface area contributed by atoms with Crippen molar-refractivity contribution < 1.29 is 4.79 Å². The first-order valence-electron chi connectivity index (χ1n) is 6.86. The number of amides is 1. The minimum absolute atomic E-state index is 0.162. The molecule has 0 heterocycles. The fourth-order valence-electron chi connectivity index (χ4n) is 2.03. The van der Waals surface area contributed by atoms with Crippen LogP contribution in [0.2, 0.25) is 0 Å². The van der Waals surface area contributed by atoms with Crippen molar-refractivity contribution in [2.75, 3.05) is 10.6 Å². The molecule has 1 aliphatic carbocycles. The number of hydrogen-bond donors (Lipinski definition) is 2. The lowest BCUT2D eigenvalue weighted by molar-refractivity contribution is -0.117. The topological polar surface area (TPSA) is 41.1 Å². The van der Waals surface area contributed by atoms with Gasteiger partial charge in [-0.05, 0) is 50.5 Å². The van der Waals surface area contributed by atoms with Crippen molar-refractivity contribution in [3.63, 3.8) is 0 Å². The quantitative estimate of drug-likeness (QED) is 0.804. The zero-order chi connectivity index (χ0) is 13.0. The summed E-state index contributed by atoms with van der Waals surface area (Å²) in [5, 5.41) is 6.39. The van der Waals surface area contributed by atoms with Crippen LogP contribution in [0.5, 0.6) is 0 Å². The molecule has 0 aromatic heterocycles. The largest absolute Gasteiger partial charge is 0.383 e. The summed E-state index contributed by atoms with van der Waals surface area (Å²) in [5.74, 6) is 0.419. The fourth-order valence-corrected chi connectivity index (χ4v) is 2.03. The molecule has 0 radical (unpaired) electrons. The lowest BCUT2D eigenvalue weighted by atomic mass is 10.2. The van der Waals surface area contributed by atoms with Crippen molar-refractivity contribution in [3.05, 3.63) is 24.3 Å². The second-order valence-electron chi connectivity index (χ2n) is 5.17. The molecule has 1 fully saturated rings. The molecule has 3 nitrogen and oxygen atoms in total. The molecule has 18 heavy (non-hydrogen) atoms. The summed E-state index contributed by atoms with van der Waals surface area (Å²) < 4.78 is 0. The molecule has 2 N–H and O–H groups in total. The Morgan fingerprint density at radius 2 is 1.89 bits per heavy atom. The first-order valence-corrected chi connectivity index (χ1v) is 6.86. The lowest BCUT2D eigenvalue weighted by Gasteiger charge is -2.14. The van der Waals surface area contributed by atoms with Gasteiger partial charge in [0.15, 0.2) is 0 Å². The molecule has 0 saturated heterocycles. The van der Waals surface area contributed by atoms with E-state index in [0.717, 1.165) is 24.2 Å². The van der Waals surface area contributed by atoms with E-state index >= 15 is 0 Å². The Morgan fingerprint density at radius 1 is 1.28 bits per heavy atom. The van der Waals surface area contributed by atoms with Crippen molar-refractivity contribution in [1.82, 2.24) is 0 Å². The average Bonchev–Trinajstić information content (AvgIpc) is 3.16. The number of carbonyl (C=O) groups is 1. The molecule has 98 valence electrons. The number of hydrogen-bond acceptors (Lipinski definition) is 2. The van der Waals surface area contributed by atoms with Gasteiger partial charge in [-0.3, -0.25) is 4.79 Å². The number of benzene rings is 1. The van der Waals surface area contributed by atoms with Gasteiger partial charge in [-0.2, -0.15) is 0 Å². The Hall–Kier alpha value is -1.51. The second-order valence-corrected chi connectivity index (χ2v) is 5.17. The summed E-state index contributed by atoms with van der Waals surface area (Å²) >= 11 is 0. The van der Waals surface area contributed by atoms with E-state index in [0.29, 0.717) is 6.04 Å². The Bertz CT molecular complexity index is 395. The summed E-state index contributed by atoms with van der Waals surface area (Å²) in [6.45, 7) is 4.38. The summed E-state index contributed by atoms with van der Waals surface area (Å²) in [7, 11) is 0. The highest BCUT2D eigenvalue weighted by Crippen LogP contribution is 2.30. The van der Waals surface area contributed by atoms with Crippen LogP contribution < -0.4 is 10.6 Å². The molecular formula is C15H22N2O. The fraction of sp³-hybridized carbons (Fsp3) is 0.533. The van der Waals surface area contributed by atoms with Crippen LogP contribution in [-0.4, -0.2) is 11.9 Å². The van der Waals surface area contributed by atoms with Gasteiger partial charge < -0.3 is 10.6 Å². The van der Waals surface area contributed by atoms with Gasteiger partial charge >= 0.3 is 0 Å². The number of nitrogens with one attached hydrogen (secondary N) is 2. The maximum Gasteiger partial charge on any atom is 0.227 e. The van der Waals surface area contributed by atoms with E-state index in [1.807, 2.05) is 24.3 Å². The number of rotatable bonds is 6. The first kappa shape index (κ1) is 12.9. The zero-order valence-corrected chi connectivity index (χ0v) is 11.2. The minimum atomic E-state index is 0.162. The molecule has 0 aliphatic heterocycles. The third-order valence-corrected chi connectivity index (χ3v) is 3.24. The van der Waals surface area contributed by atoms with E-state index < -0.39 is 0 Å². The third kappa shape index (κ3) is 3.76. The Labute approximate surface area is 109 Å². The van der Waals surface area contributed by atoms with Crippen molar-refractivity contribution >= 4 is 17.3 Å². The monoisotopic (exact) mass is 246 g/mol. The molecule has 2 rings (SSSR count). The molecule has 1 aliphatic rings. The van der Waals surface area contributed by atoms with Gasteiger partial charge in [-0.25, -0.2) is 0 Å². The van der Waals surface area contributed by atoms with E-state index in [2.05, 4.69) is 24.5 Å². The zero-order valence-electron chi connectivity index (χ0n) is 11.2. The molecule has 1 saturated carbocycles. The smallest absolute Gasteiger partial charge is 0.227 e. The van der Waals surface area contributed by atoms with Crippen LogP contribution in [0.25, 0.3) is 0 Å². The SMILES string of the molecule is CCCC(C)Nc1ccc(NC(=O)C2CC2)cc1. The Balaban J connectivity index is 1.86. The van der Waals surface area contributed by atoms with Crippen LogP contribution in [0.1, 0.15) is 39.5 Å². The molecule has 1 atom stereocenters. The van der Waals surface area contributed by atoms with Gasteiger partial charge in [0.2, 0.25) is 5.91 Å². The van der Waals surface area contributed by atoms with Crippen LogP contribution in [0.3, 0.4) is 0 Å². The van der Waals surface area contributed by atoms with Crippen LogP contribution >= 0.6 is 0 Å². The van der Waals surface area contributed by atoms with Gasteiger partial charge in [0.25, 0.3) is 0 Å². The molecular weight excluding hydrogens is 224 g/mol. The maximum absolute atomic E-state index is 11.6. The maximum atomic E-state index is 11.6. The van der Waals surface area contributed by atoms with Gasteiger partial charge in [-0.15, -0.1) is 0 Å². The molecule has 1 unspecified atom stereocenters. The van der Waals surface area contributed by atoms with Gasteiger partial charge in [-0.1, -0.05) is 13.3 Å². The van der Waals surface area contributed by atoms with E-state index in [4.69, 9.17) is 0 Å². The minimum Gasteiger partial charge on any atom is -0.383 e. The Morgan fingerprint density at radius 3 is 2.44 bits per heavy atom. The molecule has 0 spiro atoms. The van der Waals surface area contributed by atoms with Gasteiger partial charge in [0.05, 0.1) is 0 Å². The molecule has 0 bridgehead atoms. The average molecular weight is 246 g/mol. The summed E-state index contributed by atoms with van der Waals surface area (Å²) in [4.78, 5) is 11.6. The third-order valence-electron chi connectivity index (χ3n) is 3.24. The van der Waals surface area contributed by atoms with Crippen molar-refractivity contribution in [3.8, 4) is 0 Å². The first-order chi connectivity index (χ1) is 8.69. The molecule has 3 heteroatoms. The molecule has 1 aromatic carbocycles. The predicted octanol–water partition coefficient (Wildman–Crippen LogP) is 3.64. The molecule has 1 aromatic rings. The van der Waals surface area contributed by atoms with Crippen molar-refractivity contribution in [2.24, 2.45) is 5.92 Å². The van der Waals surface area contributed by atoms with E-state index in [-0.39, 0.29) is 11.8 Å². The second kappa shape index (κ2) is 5.89. The van der Waals surface area contributed by atoms with Crippen LogP contribution in [0.4, 0.5) is 11.4 Å². The number of carbonyl (C=O) groups excluding carboxylic acids is 1. The normalized spacial score (nSPS) is 16.1. The highest BCUT2D eigenvalue weighted by molar-refractivity contribution is 5.94. The summed E-state index contributed by atoms with van der Waals surface area (Å²) in [6.07, 6.45) is 4.43. The van der Waals surface area contributed by atoms with Crippen LogP contribution in [0, 0.1) is 5.92 Å². The number of anilines is 2. The highest BCUT2D eigenvalue weighted by Gasteiger charge is 2.29. The van der Waals surface area contributed by atoms with Crippen molar-refractivity contribution in [2.45, 2.75) is 45.6 Å². The van der Waals surface area contributed by atoms with Gasteiger partial charge in [0, 0.05) is 23.3 Å². The van der Waals surface area contributed by atoms with E-state index in [9.17, 15) is 4.79 Å². The summed E-state index contributed by atoms with van der Waals surface area (Å²) in [6, 6.07) is 8.45. The highest BCUT2D eigenvalue weighted by atomic mass is 16.2. The van der Waals surface area contributed by atoms with Crippen LogP contribution in [-0.2, 0) is 4.79 Å². The van der Waals surface area contributed by atoms with Gasteiger partial charge in [0.1, 0.15) is 0 Å². The standard InChI is InChI=1S/C15H22N2O/c1-3-4-11(2)16-13-7-9-14(10-8-13)17-15(18)12-5-6-12/h7-12,16H,3-6H2,1-2H3,(H,17,18).